The number of rotatable bonds is 8. The molecule has 1 atom stereocenters. The Kier molecular flexibility index (Phi) is 8.95. The molecule has 1 nitrogen and oxygen atoms in total. The number of carbonyl (C=O) groups excluding carboxylic acids is 1. The molecule has 0 aromatic rings. The fourth-order valence-corrected chi connectivity index (χ4v) is 1.81. The first-order chi connectivity index (χ1) is 7.07. The van der Waals surface area contributed by atoms with Gasteiger partial charge in [-0.15, -0.1) is 0 Å². The summed E-state index contributed by atoms with van der Waals surface area (Å²) in [6.45, 7) is 1.80. The van der Waals surface area contributed by atoms with Crippen LogP contribution in [0.3, 0.4) is 0 Å². The average molecular weight is 242 g/mol. The van der Waals surface area contributed by atoms with Gasteiger partial charge < -0.3 is 0 Å². The number of thioether (sulfide) groups is 1. The van der Waals surface area contributed by atoms with Crippen molar-refractivity contribution in [3.05, 3.63) is 0 Å². The van der Waals surface area contributed by atoms with Gasteiger partial charge in [-0.1, -0.05) is 31.5 Å². The van der Waals surface area contributed by atoms with Crippen molar-refractivity contribution < 1.29 is 18.0 Å². The van der Waals surface area contributed by atoms with Crippen molar-refractivity contribution in [2.75, 3.05) is 5.75 Å². The molecule has 0 amide bonds. The summed E-state index contributed by atoms with van der Waals surface area (Å²) >= 11 is 1.26. The predicted octanol–water partition coefficient (Wildman–Crippen LogP) is 3.82. The van der Waals surface area contributed by atoms with Crippen LogP contribution in [-0.4, -0.2) is 23.5 Å². The summed E-state index contributed by atoms with van der Waals surface area (Å²) in [4.78, 5) is 10.8. The van der Waals surface area contributed by atoms with E-state index >= 15 is 0 Å². The molecule has 0 saturated carbocycles. The molecule has 15 heavy (non-hydrogen) atoms. The van der Waals surface area contributed by atoms with E-state index in [4.69, 9.17) is 0 Å². The van der Waals surface area contributed by atoms with Crippen molar-refractivity contribution in [1.82, 2.24) is 0 Å². The Morgan fingerprint density at radius 3 is 2.40 bits per heavy atom. The second-order valence-electron chi connectivity index (χ2n) is 3.27. The number of unbranched alkanes of at least 4 members (excludes halogenated alkanes) is 2. The van der Waals surface area contributed by atoms with E-state index in [1.54, 1.807) is 6.92 Å². The molecule has 90 valence electrons. The van der Waals surface area contributed by atoms with E-state index in [-0.39, 0.29) is 11.5 Å². The van der Waals surface area contributed by atoms with Crippen molar-refractivity contribution in [3.8, 4) is 0 Å². The van der Waals surface area contributed by atoms with E-state index < -0.39 is 12.6 Å². The molecule has 0 saturated heterocycles. The lowest BCUT2D eigenvalue weighted by Gasteiger charge is -2.05. The molecule has 0 aliphatic rings. The van der Waals surface area contributed by atoms with Crippen LogP contribution < -0.4 is 0 Å². The predicted molar refractivity (Wildman–Crippen MR) is 57.1 cm³/mol. The van der Waals surface area contributed by atoms with E-state index in [0.717, 1.165) is 6.42 Å². The van der Waals surface area contributed by atoms with Crippen LogP contribution in [0.25, 0.3) is 0 Å². The van der Waals surface area contributed by atoms with Gasteiger partial charge >= 0.3 is 0 Å². The number of alkyl halides is 3. The van der Waals surface area contributed by atoms with Crippen molar-refractivity contribution >= 4 is 16.9 Å². The second-order valence-corrected chi connectivity index (χ2v) is 4.43. The Balaban J connectivity index is 3.22. The first-order valence-electron chi connectivity index (χ1n) is 5.15. The summed E-state index contributed by atoms with van der Waals surface area (Å²) < 4.78 is 35.9. The summed E-state index contributed by atoms with van der Waals surface area (Å²) in [5, 5.41) is 0.144. The molecule has 0 aromatic heterocycles. The van der Waals surface area contributed by atoms with E-state index in [9.17, 15) is 18.0 Å². The highest BCUT2D eigenvalue weighted by Gasteiger charge is 2.17. The molecule has 0 radical (unpaired) electrons. The molecular formula is C10H17F3OS. The minimum Gasteiger partial charge on any atom is -0.287 e. The van der Waals surface area contributed by atoms with Gasteiger partial charge in [0.1, 0.15) is 0 Å². The molecule has 1 unspecified atom stereocenters. The van der Waals surface area contributed by atoms with E-state index in [0.29, 0.717) is 25.0 Å². The van der Waals surface area contributed by atoms with Gasteiger partial charge in [0.05, 0.1) is 0 Å². The van der Waals surface area contributed by atoms with Crippen LogP contribution in [0.4, 0.5) is 13.2 Å². The smallest absolute Gasteiger partial charge is 0.269 e. The summed E-state index contributed by atoms with van der Waals surface area (Å²) in [6.07, 6.45) is -2.46. The zero-order chi connectivity index (χ0) is 11.7. The SMILES string of the molecule is CCC(=O)SCCCCCC(F)C(F)F. The molecular weight excluding hydrogens is 225 g/mol. The van der Waals surface area contributed by atoms with Crippen molar-refractivity contribution in [1.29, 1.82) is 0 Å². The van der Waals surface area contributed by atoms with Gasteiger partial charge in [-0.2, -0.15) is 0 Å². The lowest BCUT2D eigenvalue weighted by molar-refractivity contribution is -0.110. The maximum atomic E-state index is 12.4. The highest BCUT2D eigenvalue weighted by molar-refractivity contribution is 8.13. The molecule has 0 aliphatic heterocycles. The first kappa shape index (κ1) is 14.8. The maximum absolute atomic E-state index is 12.4. The van der Waals surface area contributed by atoms with Crippen LogP contribution in [0, 0.1) is 0 Å². The molecule has 0 heterocycles. The number of hydrogen-bond donors (Lipinski definition) is 0. The maximum Gasteiger partial charge on any atom is 0.269 e. The van der Waals surface area contributed by atoms with Crippen molar-refractivity contribution in [3.63, 3.8) is 0 Å². The Morgan fingerprint density at radius 2 is 1.87 bits per heavy atom. The zero-order valence-electron chi connectivity index (χ0n) is 8.85. The van der Waals surface area contributed by atoms with Gasteiger partial charge in [0.15, 0.2) is 11.3 Å². The third kappa shape index (κ3) is 8.78. The van der Waals surface area contributed by atoms with Gasteiger partial charge in [0.25, 0.3) is 6.43 Å². The topological polar surface area (TPSA) is 17.1 Å². The molecule has 0 N–H and O–H groups in total. The van der Waals surface area contributed by atoms with E-state index in [2.05, 4.69) is 0 Å². The van der Waals surface area contributed by atoms with Gasteiger partial charge in [-0.05, 0) is 12.8 Å². The fourth-order valence-electron chi connectivity index (χ4n) is 1.03. The minimum absolute atomic E-state index is 0.0793. The average Bonchev–Trinajstić information content (AvgIpc) is 2.22. The zero-order valence-corrected chi connectivity index (χ0v) is 9.66. The molecule has 0 spiro atoms. The minimum atomic E-state index is -2.86. The lowest BCUT2D eigenvalue weighted by Crippen LogP contribution is -2.11. The van der Waals surface area contributed by atoms with Crippen LogP contribution in [0.15, 0.2) is 0 Å². The van der Waals surface area contributed by atoms with Gasteiger partial charge in [-0.25, -0.2) is 13.2 Å². The van der Waals surface area contributed by atoms with Gasteiger partial charge in [0.2, 0.25) is 0 Å². The standard InChI is InChI=1S/C10H17F3OS/c1-2-9(14)15-7-5-3-4-6-8(11)10(12)13/h8,10H,2-7H2,1H3. The summed E-state index contributed by atoms with van der Waals surface area (Å²) in [5.41, 5.74) is 0. The Labute approximate surface area is 92.8 Å². The summed E-state index contributed by atoms with van der Waals surface area (Å²) in [5.74, 6) is 0.707. The third-order valence-electron chi connectivity index (χ3n) is 1.95. The number of hydrogen-bond acceptors (Lipinski definition) is 2. The molecule has 0 fully saturated rings. The number of carbonyl (C=O) groups is 1. The molecule has 0 bridgehead atoms. The van der Waals surface area contributed by atoms with Crippen LogP contribution >= 0.6 is 11.8 Å². The van der Waals surface area contributed by atoms with Crippen LogP contribution in [0.1, 0.15) is 39.0 Å². The van der Waals surface area contributed by atoms with Gasteiger partial charge in [-0.3, -0.25) is 4.79 Å². The Bertz CT molecular complexity index is 176. The molecule has 5 heteroatoms. The largest absolute Gasteiger partial charge is 0.287 e. The monoisotopic (exact) mass is 242 g/mol. The molecule has 0 rings (SSSR count). The Hall–Kier alpha value is -0.190. The second kappa shape index (κ2) is 9.07. The van der Waals surface area contributed by atoms with E-state index in [1.165, 1.54) is 11.8 Å². The number of halogens is 3. The first-order valence-corrected chi connectivity index (χ1v) is 6.14. The van der Waals surface area contributed by atoms with Crippen LogP contribution in [0.2, 0.25) is 0 Å². The highest BCUT2D eigenvalue weighted by Crippen LogP contribution is 2.15. The summed E-state index contributed by atoms with van der Waals surface area (Å²) in [6, 6.07) is 0. The van der Waals surface area contributed by atoms with Crippen molar-refractivity contribution in [2.24, 2.45) is 0 Å². The third-order valence-corrected chi connectivity index (χ3v) is 3.05. The summed E-state index contributed by atoms with van der Waals surface area (Å²) in [7, 11) is 0. The Morgan fingerprint density at radius 1 is 1.20 bits per heavy atom. The molecule has 0 aromatic carbocycles. The van der Waals surface area contributed by atoms with Crippen LogP contribution in [0.5, 0.6) is 0 Å². The van der Waals surface area contributed by atoms with E-state index in [1.807, 2.05) is 0 Å². The van der Waals surface area contributed by atoms with Crippen molar-refractivity contribution in [2.45, 2.75) is 51.6 Å². The molecule has 0 aliphatic carbocycles. The van der Waals surface area contributed by atoms with Crippen LogP contribution in [-0.2, 0) is 4.79 Å². The quantitative estimate of drug-likeness (QED) is 0.602. The lowest BCUT2D eigenvalue weighted by atomic mass is 10.1. The van der Waals surface area contributed by atoms with Gasteiger partial charge in [0, 0.05) is 12.2 Å². The fraction of sp³-hybridized carbons (Fsp3) is 0.900. The highest BCUT2D eigenvalue weighted by atomic mass is 32.2. The normalized spacial score (nSPS) is 13.1.